The van der Waals surface area contributed by atoms with Crippen LogP contribution in [0.15, 0.2) is 57.9 Å². The first-order valence-corrected chi connectivity index (χ1v) is 10.3. The van der Waals surface area contributed by atoms with E-state index in [1.807, 2.05) is 35.4 Å². The maximum Gasteiger partial charge on any atom is 0.258 e. The third-order valence-corrected chi connectivity index (χ3v) is 5.61. The molecule has 144 valence electrons. The zero-order valence-electron chi connectivity index (χ0n) is 15.8. The standard InChI is InChI=1S/C21H21N3O3S/c1-26-17-5-3-4-15(10-17)21-22-20(23-27-21)16-11-19(25)24(13-16)12-14-6-8-18(28-2)9-7-14/h3-10,16H,11-13H2,1-2H3. The number of aromatic nitrogens is 2. The van der Waals surface area contributed by atoms with Crippen molar-refractivity contribution in [1.29, 1.82) is 0 Å². The molecule has 0 bridgehead atoms. The number of nitrogens with zero attached hydrogens (tertiary/aromatic N) is 3. The normalized spacial score (nSPS) is 16.6. The molecule has 1 aromatic heterocycles. The maximum atomic E-state index is 12.5. The fraction of sp³-hybridized carbons (Fsp3) is 0.286. The van der Waals surface area contributed by atoms with Crippen molar-refractivity contribution in [3.63, 3.8) is 0 Å². The molecule has 28 heavy (non-hydrogen) atoms. The molecule has 0 spiro atoms. The summed E-state index contributed by atoms with van der Waals surface area (Å²) in [6.45, 7) is 1.20. The Kier molecular flexibility index (Phi) is 5.34. The highest BCUT2D eigenvalue weighted by Gasteiger charge is 2.33. The van der Waals surface area contributed by atoms with Crippen molar-refractivity contribution in [2.75, 3.05) is 19.9 Å². The molecule has 3 aromatic rings. The Morgan fingerprint density at radius 3 is 2.82 bits per heavy atom. The number of carbonyl (C=O) groups excluding carboxylic acids is 1. The Morgan fingerprint density at radius 2 is 2.07 bits per heavy atom. The van der Waals surface area contributed by atoms with Gasteiger partial charge in [-0.15, -0.1) is 11.8 Å². The quantitative estimate of drug-likeness (QED) is 0.588. The highest BCUT2D eigenvalue weighted by atomic mass is 32.2. The molecule has 0 radical (unpaired) electrons. The second kappa shape index (κ2) is 8.06. The second-order valence-electron chi connectivity index (χ2n) is 6.71. The van der Waals surface area contributed by atoms with Gasteiger partial charge in [-0.2, -0.15) is 4.98 Å². The van der Waals surface area contributed by atoms with Gasteiger partial charge >= 0.3 is 0 Å². The van der Waals surface area contributed by atoms with Crippen LogP contribution in [0.2, 0.25) is 0 Å². The van der Waals surface area contributed by atoms with Crippen LogP contribution in [0.5, 0.6) is 5.75 Å². The van der Waals surface area contributed by atoms with Crippen molar-refractivity contribution in [3.05, 3.63) is 59.9 Å². The molecule has 4 rings (SSSR count). The van der Waals surface area contributed by atoms with Crippen LogP contribution < -0.4 is 4.74 Å². The highest BCUT2D eigenvalue weighted by Crippen LogP contribution is 2.30. The topological polar surface area (TPSA) is 68.5 Å². The number of thioether (sulfide) groups is 1. The monoisotopic (exact) mass is 395 g/mol. The molecule has 1 saturated heterocycles. The van der Waals surface area contributed by atoms with Crippen LogP contribution in [-0.2, 0) is 11.3 Å². The number of benzene rings is 2. The van der Waals surface area contributed by atoms with E-state index in [1.165, 1.54) is 4.90 Å². The van der Waals surface area contributed by atoms with E-state index < -0.39 is 0 Å². The highest BCUT2D eigenvalue weighted by molar-refractivity contribution is 7.98. The fourth-order valence-electron chi connectivity index (χ4n) is 3.32. The van der Waals surface area contributed by atoms with Crippen molar-refractivity contribution in [3.8, 4) is 17.2 Å². The van der Waals surface area contributed by atoms with Gasteiger partial charge in [0.2, 0.25) is 5.91 Å². The van der Waals surface area contributed by atoms with Crippen LogP contribution >= 0.6 is 11.8 Å². The number of hydrogen-bond donors (Lipinski definition) is 0. The van der Waals surface area contributed by atoms with Crippen molar-refractivity contribution in [1.82, 2.24) is 15.0 Å². The molecule has 1 atom stereocenters. The zero-order valence-corrected chi connectivity index (χ0v) is 16.6. The van der Waals surface area contributed by atoms with Gasteiger partial charge in [-0.25, -0.2) is 0 Å². The summed E-state index contributed by atoms with van der Waals surface area (Å²) in [6.07, 6.45) is 2.45. The minimum Gasteiger partial charge on any atom is -0.497 e. The summed E-state index contributed by atoms with van der Waals surface area (Å²) >= 11 is 1.71. The first-order valence-electron chi connectivity index (χ1n) is 9.05. The van der Waals surface area contributed by atoms with Crippen molar-refractivity contribution in [2.45, 2.75) is 23.8 Å². The lowest BCUT2D eigenvalue weighted by molar-refractivity contribution is -0.128. The van der Waals surface area contributed by atoms with E-state index in [1.54, 1.807) is 18.9 Å². The summed E-state index contributed by atoms with van der Waals surface area (Å²) < 4.78 is 10.7. The van der Waals surface area contributed by atoms with E-state index in [4.69, 9.17) is 9.26 Å². The van der Waals surface area contributed by atoms with E-state index in [0.29, 0.717) is 31.2 Å². The van der Waals surface area contributed by atoms with Crippen molar-refractivity contribution >= 4 is 17.7 Å². The summed E-state index contributed by atoms with van der Waals surface area (Å²) in [5.41, 5.74) is 1.92. The fourth-order valence-corrected chi connectivity index (χ4v) is 3.73. The molecule has 0 saturated carbocycles. The first kappa shape index (κ1) is 18.6. The van der Waals surface area contributed by atoms with Crippen molar-refractivity contribution in [2.24, 2.45) is 0 Å². The van der Waals surface area contributed by atoms with Crippen LogP contribution in [0, 0.1) is 0 Å². The summed E-state index contributed by atoms with van der Waals surface area (Å²) in [7, 11) is 1.62. The lowest BCUT2D eigenvalue weighted by Gasteiger charge is -2.16. The van der Waals surface area contributed by atoms with Gasteiger partial charge in [0.1, 0.15) is 5.75 Å². The Labute approximate surface area is 167 Å². The van der Waals surface area contributed by atoms with Gasteiger partial charge < -0.3 is 14.2 Å². The van der Waals surface area contributed by atoms with Crippen LogP contribution in [-0.4, -0.2) is 40.9 Å². The number of hydrogen-bond acceptors (Lipinski definition) is 6. The molecule has 7 heteroatoms. The average molecular weight is 395 g/mol. The van der Waals surface area contributed by atoms with Gasteiger partial charge in [0.25, 0.3) is 5.89 Å². The van der Waals surface area contributed by atoms with E-state index in [0.717, 1.165) is 16.9 Å². The zero-order chi connectivity index (χ0) is 19.5. The third-order valence-electron chi connectivity index (χ3n) is 4.87. The number of methoxy groups -OCH3 is 1. The largest absolute Gasteiger partial charge is 0.497 e. The minimum atomic E-state index is -0.0546. The lowest BCUT2D eigenvalue weighted by Crippen LogP contribution is -2.24. The molecule has 1 amide bonds. The summed E-state index contributed by atoms with van der Waals surface area (Å²) in [5, 5.41) is 4.12. The van der Waals surface area contributed by atoms with Crippen LogP contribution in [0.3, 0.4) is 0 Å². The number of likely N-dealkylation sites (tertiary alicyclic amines) is 1. The molecule has 2 heterocycles. The number of amides is 1. The Morgan fingerprint density at radius 1 is 1.25 bits per heavy atom. The molecule has 0 aliphatic carbocycles. The smallest absolute Gasteiger partial charge is 0.258 e. The Balaban J connectivity index is 1.45. The molecule has 6 nitrogen and oxygen atoms in total. The molecular formula is C21H21N3O3S. The average Bonchev–Trinajstić information content (AvgIpc) is 3.36. The molecule has 1 aliphatic rings. The third kappa shape index (κ3) is 3.89. The van der Waals surface area contributed by atoms with Gasteiger partial charge in [-0.1, -0.05) is 23.4 Å². The summed E-state index contributed by atoms with van der Waals surface area (Å²) in [4.78, 5) is 20.1. The molecule has 0 N–H and O–H groups in total. The van der Waals surface area contributed by atoms with E-state index in [9.17, 15) is 4.79 Å². The van der Waals surface area contributed by atoms with Crippen LogP contribution in [0.4, 0.5) is 0 Å². The first-order chi connectivity index (χ1) is 13.7. The SMILES string of the molecule is COc1cccc(-c2nc(C3CC(=O)N(Cc4ccc(SC)cc4)C3)no2)c1. The van der Waals surface area contributed by atoms with Gasteiger partial charge in [0.15, 0.2) is 5.82 Å². The number of ether oxygens (including phenoxy) is 1. The van der Waals surface area contributed by atoms with Gasteiger partial charge in [-0.3, -0.25) is 4.79 Å². The summed E-state index contributed by atoms with van der Waals surface area (Å²) in [6, 6.07) is 15.8. The Bertz CT molecular complexity index is 971. The summed E-state index contributed by atoms with van der Waals surface area (Å²) in [5.74, 6) is 1.80. The second-order valence-corrected chi connectivity index (χ2v) is 7.59. The molecule has 2 aromatic carbocycles. The number of carbonyl (C=O) groups is 1. The van der Waals surface area contributed by atoms with E-state index in [2.05, 4.69) is 34.4 Å². The van der Waals surface area contributed by atoms with Gasteiger partial charge in [0, 0.05) is 35.9 Å². The lowest BCUT2D eigenvalue weighted by atomic mass is 10.1. The molecular weight excluding hydrogens is 374 g/mol. The molecule has 1 aliphatic heterocycles. The van der Waals surface area contributed by atoms with Crippen LogP contribution in [0.25, 0.3) is 11.5 Å². The van der Waals surface area contributed by atoms with Gasteiger partial charge in [0.05, 0.1) is 7.11 Å². The maximum absolute atomic E-state index is 12.5. The van der Waals surface area contributed by atoms with E-state index >= 15 is 0 Å². The van der Waals surface area contributed by atoms with Crippen molar-refractivity contribution < 1.29 is 14.1 Å². The Hall–Kier alpha value is -2.80. The molecule has 1 unspecified atom stereocenters. The van der Waals surface area contributed by atoms with Crippen LogP contribution in [0.1, 0.15) is 23.7 Å². The predicted octanol–water partition coefficient (Wildman–Crippen LogP) is 3.98. The molecule has 1 fully saturated rings. The van der Waals surface area contributed by atoms with E-state index in [-0.39, 0.29) is 11.8 Å². The number of rotatable bonds is 6. The van der Waals surface area contributed by atoms with Gasteiger partial charge in [-0.05, 0) is 42.2 Å². The predicted molar refractivity (Wildman–Crippen MR) is 107 cm³/mol. The minimum absolute atomic E-state index is 0.0546.